The van der Waals surface area contributed by atoms with Crippen LogP contribution in [0.2, 0.25) is 0 Å². The van der Waals surface area contributed by atoms with Crippen LogP contribution in [0.4, 0.5) is 5.69 Å². The van der Waals surface area contributed by atoms with Gasteiger partial charge in [0, 0.05) is 73.9 Å². The molecule has 6 rings (SSSR count). The van der Waals surface area contributed by atoms with Crippen LogP contribution in [0.5, 0.6) is 0 Å². The Balaban J connectivity index is 1.33. The van der Waals surface area contributed by atoms with Gasteiger partial charge in [0.15, 0.2) is 0 Å². The van der Waals surface area contributed by atoms with Gasteiger partial charge in [0.05, 0.1) is 0 Å². The van der Waals surface area contributed by atoms with Crippen molar-refractivity contribution in [2.45, 2.75) is 33.2 Å². The van der Waals surface area contributed by atoms with Gasteiger partial charge in [0.1, 0.15) is 11.3 Å². The van der Waals surface area contributed by atoms with E-state index in [9.17, 15) is 9.59 Å². The first kappa shape index (κ1) is 22.5. The Morgan fingerprint density at radius 2 is 1.67 bits per heavy atom. The molecule has 0 bridgehead atoms. The first-order valence-corrected chi connectivity index (χ1v) is 12.4. The molecule has 2 aliphatic rings. The Hall–Kier alpha value is -4.00. The fourth-order valence-corrected chi connectivity index (χ4v) is 5.34. The number of fused-ring (bicyclic) bond motifs is 3. The molecule has 3 aromatic heterocycles. The van der Waals surface area contributed by atoms with E-state index in [1.165, 1.54) is 0 Å². The number of carbonyl (C=O) groups excluding carboxylic acids is 2. The van der Waals surface area contributed by atoms with Crippen molar-refractivity contribution >= 4 is 28.5 Å². The van der Waals surface area contributed by atoms with Crippen molar-refractivity contribution < 1.29 is 9.59 Å². The molecular formula is C29H29N5O2. The average Bonchev–Trinajstić information content (AvgIpc) is 3.26. The van der Waals surface area contributed by atoms with E-state index in [4.69, 9.17) is 0 Å². The van der Waals surface area contributed by atoms with Gasteiger partial charge in [-0.1, -0.05) is 26.0 Å². The molecule has 2 amide bonds. The molecule has 0 spiro atoms. The lowest BCUT2D eigenvalue weighted by atomic mass is 9.82. The van der Waals surface area contributed by atoms with E-state index in [0.717, 1.165) is 58.5 Å². The third kappa shape index (κ3) is 3.75. The smallest absolute Gasteiger partial charge is 0.270 e. The van der Waals surface area contributed by atoms with E-state index in [-0.39, 0.29) is 17.2 Å². The minimum Gasteiger partial charge on any atom is -0.339 e. The lowest BCUT2D eigenvalue weighted by molar-refractivity contribution is -0.122. The molecule has 2 aliphatic heterocycles. The number of amides is 2. The van der Waals surface area contributed by atoms with Crippen LogP contribution >= 0.6 is 0 Å². The molecule has 182 valence electrons. The molecule has 0 atom stereocenters. The molecule has 4 aromatic rings. The number of piperidine rings is 1. The number of pyridine rings is 2. The third-order valence-corrected chi connectivity index (χ3v) is 7.53. The van der Waals surface area contributed by atoms with E-state index < -0.39 is 0 Å². The third-order valence-electron chi connectivity index (χ3n) is 7.53. The molecule has 7 heteroatoms. The second-order valence-electron chi connectivity index (χ2n) is 10.6. The molecule has 0 unspecified atom stereocenters. The molecule has 5 heterocycles. The lowest BCUT2D eigenvalue weighted by Gasteiger charge is -2.36. The summed E-state index contributed by atoms with van der Waals surface area (Å²) >= 11 is 0. The number of anilines is 1. The number of aromatic nitrogens is 3. The second-order valence-corrected chi connectivity index (χ2v) is 10.6. The van der Waals surface area contributed by atoms with Crippen LogP contribution in [-0.4, -0.2) is 51.4 Å². The van der Waals surface area contributed by atoms with Crippen LogP contribution in [0.15, 0.2) is 61.1 Å². The van der Waals surface area contributed by atoms with Crippen molar-refractivity contribution in [1.82, 2.24) is 19.4 Å². The monoisotopic (exact) mass is 479 g/mol. The molecule has 0 saturated carbocycles. The van der Waals surface area contributed by atoms with Gasteiger partial charge in [0.25, 0.3) is 5.91 Å². The number of hydrogen-bond donors (Lipinski definition) is 0. The second kappa shape index (κ2) is 8.29. The maximum absolute atomic E-state index is 12.7. The molecule has 0 N–H and O–H groups in total. The van der Waals surface area contributed by atoms with Crippen LogP contribution in [-0.2, 0) is 11.3 Å². The number of benzene rings is 1. The lowest BCUT2D eigenvalue weighted by Crippen LogP contribution is -2.42. The largest absolute Gasteiger partial charge is 0.339 e. The Bertz CT molecular complexity index is 1500. The SMILES string of the molecule is CN1CCn2c(cc3c(-c4cncc(-c5ccc(N6CCC(C)(C)CC6=O)cc5)c4)ccnc32)C1=O. The van der Waals surface area contributed by atoms with Gasteiger partial charge in [-0.15, -0.1) is 0 Å². The summed E-state index contributed by atoms with van der Waals surface area (Å²) in [4.78, 5) is 38.1. The highest BCUT2D eigenvalue weighted by atomic mass is 16.2. The Kier molecular flexibility index (Phi) is 5.18. The number of likely N-dealkylation sites (N-methyl/N-ethyl adjacent to an activating group) is 1. The Morgan fingerprint density at radius 1 is 0.889 bits per heavy atom. The van der Waals surface area contributed by atoms with Crippen LogP contribution < -0.4 is 4.90 Å². The number of nitrogens with zero attached hydrogens (tertiary/aromatic N) is 5. The summed E-state index contributed by atoms with van der Waals surface area (Å²) in [7, 11) is 1.83. The van der Waals surface area contributed by atoms with E-state index >= 15 is 0 Å². The summed E-state index contributed by atoms with van der Waals surface area (Å²) in [6.45, 7) is 6.47. The van der Waals surface area contributed by atoms with E-state index in [0.29, 0.717) is 18.7 Å². The van der Waals surface area contributed by atoms with Crippen molar-refractivity contribution in [3.63, 3.8) is 0 Å². The maximum Gasteiger partial charge on any atom is 0.270 e. The minimum atomic E-state index is 0.0212. The average molecular weight is 480 g/mol. The van der Waals surface area contributed by atoms with Gasteiger partial charge in [-0.05, 0) is 53.3 Å². The molecule has 0 radical (unpaired) electrons. The van der Waals surface area contributed by atoms with Gasteiger partial charge >= 0.3 is 0 Å². The fraction of sp³-hybridized carbons (Fsp3) is 0.310. The normalized spacial score (nSPS) is 17.5. The predicted octanol–water partition coefficient (Wildman–Crippen LogP) is 5.00. The summed E-state index contributed by atoms with van der Waals surface area (Å²) in [6, 6.07) is 14.2. The van der Waals surface area contributed by atoms with Crippen LogP contribution in [0.1, 0.15) is 37.2 Å². The van der Waals surface area contributed by atoms with Gasteiger partial charge in [-0.25, -0.2) is 4.98 Å². The summed E-state index contributed by atoms with van der Waals surface area (Å²) in [6.07, 6.45) is 7.08. The van der Waals surface area contributed by atoms with Gasteiger partial charge in [-0.2, -0.15) is 0 Å². The molecular weight excluding hydrogens is 450 g/mol. The highest BCUT2D eigenvalue weighted by molar-refractivity contribution is 6.03. The zero-order chi connectivity index (χ0) is 25.0. The number of hydrogen-bond acceptors (Lipinski definition) is 4. The Morgan fingerprint density at radius 3 is 2.44 bits per heavy atom. The maximum atomic E-state index is 12.7. The van der Waals surface area contributed by atoms with Gasteiger partial charge in [-0.3, -0.25) is 14.6 Å². The van der Waals surface area contributed by atoms with Crippen LogP contribution in [0.3, 0.4) is 0 Å². The molecule has 7 nitrogen and oxygen atoms in total. The van der Waals surface area contributed by atoms with Crippen LogP contribution in [0.25, 0.3) is 33.3 Å². The summed E-state index contributed by atoms with van der Waals surface area (Å²) < 4.78 is 2.01. The van der Waals surface area contributed by atoms with Crippen molar-refractivity contribution in [3.05, 3.63) is 66.7 Å². The van der Waals surface area contributed by atoms with E-state index in [1.807, 2.05) is 53.2 Å². The quantitative estimate of drug-likeness (QED) is 0.414. The van der Waals surface area contributed by atoms with Crippen molar-refractivity contribution in [3.8, 4) is 22.3 Å². The van der Waals surface area contributed by atoms with Gasteiger partial charge in [0.2, 0.25) is 5.91 Å². The first-order chi connectivity index (χ1) is 17.3. The highest BCUT2D eigenvalue weighted by Crippen LogP contribution is 2.35. The Labute approximate surface area is 210 Å². The zero-order valence-electron chi connectivity index (χ0n) is 20.9. The van der Waals surface area contributed by atoms with Crippen molar-refractivity contribution in [2.75, 3.05) is 25.0 Å². The fourth-order valence-electron chi connectivity index (χ4n) is 5.34. The zero-order valence-corrected chi connectivity index (χ0v) is 20.9. The van der Waals surface area contributed by atoms with Crippen molar-refractivity contribution in [1.29, 1.82) is 0 Å². The van der Waals surface area contributed by atoms with E-state index in [2.05, 4.69) is 42.0 Å². The first-order valence-electron chi connectivity index (χ1n) is 12.4. The van der Waals surface area contributed by atoms with Crippen molar-refractivity contribution in [2.24, 2.45) is 5.41 Å². The summed E-state index contributed by atoms with van der Waals surface area (Å²) in [5.74, 6) is 0.206. The molecule has 1 fully saturated rings. The number of carbonyl (C=O) groups is 2. The van der Waals surface area contributed by atoms with Crippen LogP contribution in [0, 0.1) is 5.41 Å². The number of rotatable bonds is 3. The summed E-state index contributed by atoms with van der Waals surface area (Å²) in [5.41, 5.74) is 6.52. The minimum absolute atomic E-state index is 0.0212. The topological polar surface area (TPSA) is 71.3 Å². The highest BCUT2D eigenvalue weighted by Gasteiger charge is 2.32. The van der Waals surface area contributed by atoms with E-state index in [1.54, 1.807) is 11.1 Å². The summed E-state index contributed by atoms with van der Waals surface area (Å²) in [5, 5.41) is 0.956. The molecule has 1 aromatic carbocycles. The standard InChI is InChI=1S/C29H29N5O2/c1-29(2)9-11-33(26(35)16-29)22-6-4-19(5-7-22)20-14-21(18-30-17-20)23-8-10-31-27-24(23)15-25-28(36)32(3)12-13-34(25)27/h4-8,10,14-15,17-18H,9,11-13,16H2,1-3H3. The molecule has 1 saturated heterocycles. The predicted molar refractivity (Wildman–Crippen MR) is 141 cm³/mol. The molecule has 36 heavy (non-hydrogen) atoms. The molecule has 0 aliphatic carbocycles. The van der Waals surface area contributed by atoms with Gasteiger partial charge < -0.3 is 14.4 Å².